The Labute approximate surface area is 41.3 Å². The van der Waals surface area contributed by atoms with E-state index in [1.54, 1.807) is 0 Å². The molecule has 0 amide bonds. The molecule has 37 valence electrons. The molecule has 0 bridgehead atoms. The molecule has 0 aliphatic heterocycles. The highest BCUT2D eigenvalue weighted by Gasteiger charge is 1.83. The maximum atomic E-state index is 9.40. The topological polar surface area (TPSA) is 64.6 Å². The zero-order valence-corrected chi connectivity index (χ0v) is 4.62. The van der Waals surface area contributed by atoms with Gasteiger partial charge in [0, 0.05) is 16.8 Å². The fourth-order valence-electron chi connectivity index (χ4n) is 0. The molecule has 0 N–H and O–H groups in total. The fourth-order valence-corrected chi connectivity index (χ4v) is 0. The number of halogens is 1. The third kappa shape index (κ3) is 1080. The second-order valence-corrected chi connectivity index (χ2v) is 3.73. The summed E-state index contributed by atoms with van der Waals surface area (Å²) in [5.74, 6) is 0. The summed E-state index contributed by atoms with van der Waals surface area (Å²) < 4.78 is 18.8. The van der Waals surface area contributed by atoms with Crippen LogP contribution in [-0.4, -0.2) is 14.7 Å². The maximum absolute atomic E-state index is 9.40. The number of hydrogen-bond donors (Lipinski definition) is 0. The Morgan fingerprint density at radius 3 is 1.50 bits per heavy atom. The molecule has 0 heterocycles. The van der Waals surface area contributed by atoms with Gasteiger partial charge in [0.05, 0.1) is 6.26 Å². The lowest BCUT2D eigenvalue weighted by atomic mass is 12.0. The van der Waals surface area contributed by atoms with E-state index in [1.807, 2.05) is 0 Å². The second-order valence-electron chi connectivity index (χ2n) is 0.682. The van der Waals surface area contributed by atoms with Crippen molar-refractivity contribution < 1.29 is 8.42 Å². The molecule has 0 saturated heterocycles. The fraction of sp³-hybridized carbons (Fsp3) is 1.00. The van der Waals surface area contributed by atoms with Crippen molar-refractivity contribution in [2.45, 2.75) is 0 Å². The van der Waals surface area contributed by atoms with Crippen molar-refractivity contribution in [2.75, 3.05) is 6.26 Å². The second kappa shape index (κ2) is 2.39. The SMILES string of the molecule is CS(=O)(=O)Cl.[N]. The van der Waals surface area contributed by atoms with E-state index in [1.165, 1.54) is 0 Å². The molecule has 0 rings (SSSR count). The highest BCUT2D eigenvalue weighted by Crippen LogP contribution is 1.83. The van der Waals surface area contributed by atoms with Crippen LogP contribution in [0.2, 0.25) is 0 Å². The molecule has 5 heteroatoms. The standard InChI is InChI=1S/CH3ClO2S.N/c1-5(2,3)4;/h1H3;. The van der Waals surface area contributed by atoms with Crippen LogP contribution in [0.4, 0.5) is 0 Å². The summed E-state index contributed by atoms with van der Waals surface area (Å²) in [4.78, 5) is 0. The van der Waals surface area contributed by atoms with Crippen LogP contribution in [0.5, 0.6) is 0 Å². The predicted molar refractivity (Wildman–Crippen MR) is 22.8 cm³/mol. The minimum absolute atomic E-state index is 0. The summed E-state index contributed by atoms with van der Waals surface area (Å²) >= 11 is 0. The summed E-state index contributed by atoms with van der Waals surface area (Å²) in [6.07, 6.45) is 0.925. The summed E-state index contributed by atoms with van der Waals surface area (Å²) in [6, 6.07) is 0. The molecule has 0 aromatic heterocycles. The molecule has 0 saturated carbocycles. The van der Waals surface area contributed by atoms with Gasteiger partial charge in [-0.2, -0.15) is 0 Å². The predicted octanol–water partition coefficient (Wildman–Crippen LogP) is -0.296. The van der Waals surface area contributed by atoms with Gasteiger partial charge < -0.3 is 0 Å². The molecular formula is CH3ClNO2S. The molecule has 3 radical (unpaired) electrons. The van der Waals surface area contributed by atoms with Crippen LogP contribution < -0.4 is 6.15 Å². The molecule has 0 fully saturated rings. The molecule has 3 nitrogen and oxygen atoms in total. The van der Waals surface area contributed by atoms with Gasteiger partial charge in [-0.15, -0.1) is 0 Å². The normalized spacial score (nSPS) is 9.67. The highest BCUT2D eigenvalue weighted by atomic mass is 35.7. The Morgan fingerprint density at radius 2 is 1.50 bits per heavy atom. The molecular weight excluding hydrogens is 126 g/mol. The lowest BCUT2D eigenvalue weighted by Crippen LogP contribution is -1.76. The smallest absolute Gasteiger partial charge is 0.213 e. The largest absolute Gasteiger partial charge is 0.229 e. The van der Waals surface area contributed by atoms with E-state index in [0.29, 0.717) is 0 Å². The van der Waals surface area contributed by atoms with E-state index in [0.717, 1.165) is 6.26 Å². The van der Waals surface area contributed by atoms with E-state index in [2.05, 4.69) is 10.7 Å². The molecule has 0 aliphatic rings. The van der Waals surface area contributed by atoms with Gasteiger partial charge in [0.1, 0.15) is 0 Å². The van der Waals surface area contributed by atoms with E-state index >= 15 is 0 Å². The van der Waals surface area contributed by atoms with Gasteiger partial charge in [-0.05, 0) is 0 Å². The number of rotatable bonds is 0. The quantitative estimate of drug-likeness (QED) is 0.421. The maximum Gasteiger partial charge on any atom is 0.229 e. The van der Waals surface area contributed by atoms with E-state index < -0.39 is 9.05 Å². The Hall–Kier alpha value is 0.200. The van der Waals surface area contributed by atoms with Crippen molar-refractivity contribution in [1.82, 2.24) is 6.15 Å². The van der Waals surface area contributed by atoms with Crippen molar-refractivity contribution in [1.29, 1.82) is 0 Å². The first-order valence-corrected chi connectivity index (χ1v) is 3.61. The van der Waals surface area contributed by atoms with Crippen molar-refractivity contribution in [3.05, 3.63) is 0 Å². The van der Waals surface area contributed by atoms with Gasteiger partial charge in [-0.25, -0.2) is 8.42 Å². The Morgan fingerprint density at radius 1 is 1.50 bits per heavy atom. The average molecular weight is 129 g/mol. The van der Waals surface area contributed by atoms with E-state index in [-0.39, 0.29) is 6.15 Å². The lowest BCUT2D eigenvalue weighted by molar-refractivity contribution is 0.615. The lowest BCUT2D eigenvalue weighted by Gasteiger charge is -1.65. The van der Waals surface area contributed by atoms with Gasteiger partial charge in [0.15, 0.2) is 0 Å². The van der Waals surface area contributed by atoms with Gasteiger partial charge in [-0.1, -0.05) is 0 Å². The minimum Gasteiger partial charge on any atom is -0.213 e. The van der Waals surface area contributed by atoms with Crippen LogP contribution in [0.15, 0.2) is 0 Å². The first-order chi connectivity index (χ1) is 2.00. The number of nitrogens with zero attached hydrogens (tertiary/aromatic N) is 1. The van der Waals surface area contributed by atoms with Crippen LogP contribution in [-0.2, 0) is 9.05 Å². The van der Waals surface area contributed by atoms with Gasteiger partial charge in [0.25, 0.3) is 0 Å². The summed E-state index contributed by atoms with van der Waals surface area (Å²) in [6.45, 7) is 0. The Bertz CT molecular complexity index is 96.7. The Kier molecular flexibility index (Phi) is 3.78. The molecule has 6 heavy (non-hydrogen) atoms. The summed E-state index contributed by atoms with van der Waals surface area (Å²) in [5, 5.41) is 0. The third-order valence-electron chi connectivity index (χ3n) is 0. The average Bonchev–Trinajstić information content (AvgIpc) is 0.722. The molecule has 0 spiro atoms. The molecule has 0 aromatic rings. The molecule has 0 unspecified atom stereocenters. The van der Waals surface area contributed by atoms with Gasteiger partial charge in [-0.3, -0.25) is 0 Å². The van der Waals surface area contributed by atoms with Gasteiger partial charge >= 0.3 is 0 Å². The highest BCUT2D eigenvalue weighted by molar-refractivity contribution is 8.13. The zero-order valence-electron chi connectivity index (χ0n) is 3.05. The van der Waals surface area contributed by atoms with Crippen LogP contribution in [0.1, 0.15) is 0 Å². The summed E-state index contributed by atoms with van der Waals surface area (Å²) in [7, 11) is 1.31. The monoisotopic (exact) mass is 128 g/mol. The molecule has 0 aliphatic carbocycles. The van der Waals surface area contributed by atoms with Crippen molar-refractivity contribution in [3.8, 4) is 0 Å². The van der Waals surface area contributed by atoms with Crippen LogP contribution in [0.3, 0.4) is 0 Å². The minimum atomic E-state index is -3.19. The molecule has 0 atom stereocenters. The van der Waals surface area contributed by atoms with Gasteiger partial charge in [0.2, 0.25) is 9.05 Å². The summed E-state index contributed by atoms with van der Waals surface area (Å²) in [5.41, 5.74) is 0. The van der Waals surface area contributed by atoms with Crippen LogP contribution >= 0.6 is 10.7 Å². The van der Waals surface area contributed by atoms with E-state index in [9.17, 15) is 8.42 Å². The van der Waals surface area contributed by atoms with Crippen LogP contribution in [0.25, 0.3) is 0 Å². The first kappa shape index (κ1) is 9.50. The van der Waals surface area contributed by atoms with Crippen molar-refractivity contribution in [2.24, 2.45) is 0 Å². The first-order valence-electron chi connectivity index (χ1n) is 0.896. The Balaban J connectivity index is 0. The van der Waals surface area contributed by atoms with E-state index in [4.69, 9.17) is 0 Å². The van der Waals surface area contributed by atoms with Crippen LogP contribution in [0, 0.1) is 0 Å². The third-order valence-corrected chi connectivity index (χ3v) is 0. The van der Waals surface area contributed by atoms with Crippen molar-refractivity contribution >= 4 is 19.7 Å². The zero-order chi connectivity index (χ0) is 4.50. The number of hydrogen-bond acceptors (Lipinski definition) is 2. The molecule has 0 aromatic carbocycles. The van der Waals surface area contributed by atoms with Crippen molar-refractivity contribution in [3.63, 3.8) is 0 Å².